The smallest absolute Gasteiger partial charge is 0.319 e. The average Bonchev–Trinajstić information content (AvgIpc) is 3.06. The number of hydrogen-bond acceptors (Lipinski definition) is 1. The van der Waals surface area contributed by atoms with Gasteiger partial charge in [-0.05, 0) is 110 Å². The van der Waals surface area contributed by atoms with Crippen LogP contribution in [0.3, 0.4) is 0 Å². The van der Waals surface area contributed by atoms with E-state index in [2.05, 4.69) is 239 Å². The van der Waals surface area contributed by atoms with Gasteiger partial charge in [-0.2, -0.15) is 0 Å². The Morgan fingerprint density at radius 2 is 0.443 bits per heavy atom. The normalized spacial score (nSPS) is 14.2. The number of benzene rings is 4. The first-order valence-electron chi connectivity index (χ1n) is 23.0. The lowest BCUT2D eigenvalue weighted by Crippen LogP contribution is -2.45. The minimum Gasteiger partial charge on any atom is -0.480 e. The molecule has 0 spiro atoms. The highest BCUT2D eigenvalue weighted by Gasteiger charge is 2.53. The average molecular weight is 827 g/mol. The van der Waals surface area contributed by atoms with Gasteiger partial charge in [-0.3, -0.25) is 4.79 Å². The molecule has 2 heteroatoms. The predicted molar refractivity (Wildman–Crippen MR) is 266 cm³/mol. The van der Waals surface area contributed by atoms with E-state index >= 15 is 4.79 Å². The fraction of sp³-hybridized carbons (Fsp3) is 0.576. The zero-order valence-electron chi connectivity index (χ0n) is 43.4. The summed E-state index contributed by atoms with van der Waals surface area (Å²) >= 11 is 0. The molecule has 4 aromatic rings. The third-order valence-corrected chi connectivity index (χ3v) is 13.1. The molecule has 334 valence electrons. The zero-order chi connectivity index (χ0) is 47.1. The lowest BCUT2D eigenvalue weighted by molar-refractivity contribution is -0.142. The third-order valence-electron chi connectivity index (χ3n) is 13.1. The highest BCUT2D eigenvalue weighted by atomic mass is 16.4. The third kappa shape index (κ3) is 10.8. The summed E-state index contributed by atoms with van der Waals surface area (Å²) in [6, 6.07) is 27.8. The molecule has 0 aliphatic carbocycles. The van der Waals surface area contributed by atoms with Gasteiger partial charge < -0.3 is 5.11 Å². The number of carboxylic acid groups (broad SMARTS) is 1. The van der Waals surface area contributed by atoms with E-state index in [1.807, 2.05) is 0 Å². The molecule has 0 fully saturated rings. The van der Waals surface area contributed by atoms with Crippen LogP contribution in [0.4, 0.5) is 0 Å². The van der Waals surface area contributed by atoms with E-state index in [4.69, 9.17) is 0 Å². The Morgan fingerprint density at radius 1 is 0.295 bits per heavy atom. The summed E-state index contributed by atoms with van der Waals surface area (Å²) in [6.07, 6.45) is 0. The predicted octanol–water partition coefficient (Wildman–Crippen LogP) is 16.3. The molecule has 0 atom stereocenters. The fourth-order valence-electron chi connectivity index (χ4n) is 8.37. The first-order chi connectivity index (χ1) is 27.1. The van der Waals surface area contributed by atoms with Crippen molar-refractivity contribution in [1.29, 1.82) is 0 Å². The maximum absolute atomic E-state index is 15.8. The zero-order valence-corrected chi connectivity index (χ0v) is 43.4. The van der Waals surface area contributed by atoms with Crippen molar-refractivity contribution in [1.82, 2.24) is 0 Å². The molecule has 0 aliphatic rings. The van der Waals surface area contributed by atoms with Crippen LogP contribution in [0.1, 0.15) is 239 Å². The van der Waals surface area contributed by atoms with Crippen LogP contribution < -0.4 is 0 Å². The second-order valence-electron chi connectivity index (χ2n) is 26.8. The van der Waals surface area contributed by atoms with Gasteiger partial charge in [0.05, 0.1) is 0 Å². The van der Waals surface area contributed by atoms with Gasteiger partial charge in [0.2, 0.25) is 0 Å². The molecule has 61 heavy (non-hydrogen) atoms. The van der Waals surface area contributed by atoms with Crippen molar-refractivity contribution in [2.75, 3.05) is 0 Å². The molecule has 0 saturated heterocycles. The van der Waals surface area contributed by atoms with Crippen LogP contribution in [0, 0.1) is 0 Å². The van der Waals surface area contributed by atoms with Gasteiger partial charge >= 0.3 is 5.97 Å². The maximum atomic E-state index is 15.8. The van der Waals surface area contributed by atoms with E-state index in [0.717, 1.165) is 44.5 Å². The number of rotatable bonds is 6. The van der Waals surface area contributed by atoms with E-state index in [1.54, 1.807) is 0 Å². The molecule has 0 saturated carbocycles. The van der Waals surface area contributed by atoms with Crippen molar-refractivity contribution < 1.29 is 9.90 Å². The molecule has 2 nitrogen and oxygen atoms in total. The van der Waals surface area contributed by atoms with E-state index < -0.39 is 17.3 Å². The fourth-order valence-corrected chi connectivity index (χ4v) is 8.37. The van der Waals surface area contributed by atoms with Crippen molar-refractivity contribution in [2.24, 2.45) is 0 Å². The molecule has 4 rings (SSSR count). The molecule has 1 N–H and O–H groups in total. The minimum absolute atomic E-state index is 0.187. The Hall–Kier alpha value is -3.65. The molecule has 0 heterocycles. The Morgan fingerprint density at radius 3 is 0.590 bits per heavy atom. The van der Waals surface area contributed by atoms with Crippen LogP contribution >= 0.6 is 0 Å². The monoisotopic (exact) mass is 827 g/mol. The summed E-state index contributed by atoms with van der Waals surface area (Å²) in [5.74, 6) is -1.46. The first-order valence-corrected chi connectivity index (χ1v) is 23.0. The van der Waals surface area contributed by atoms with Gasteiger partial charge in [0.15, 0.2) is 0 Å². The Balaban J connectivity index is 2.60. The first kappa shape index (κ1) is 50.0. The standard InChI is InChI=1S/C59H86O2/c1-51(2,3)39-25-37(26-40(29-39)52(4,5)6)49(38-27-41(53(7,8)9)30-42(28-38)54(10,11)12)59(50(60)61,47-33-43(55(13,14)15)31-44(34-47)56(16,17)18)48-35-45(57(19,20)21)32-46(36-48)58(22,23)24/h25-36,49H,1-24H3,(H,60,61). The number of carbonyl (C=O) groups is 1. The molecule has 0 unspecified atom stereocenters. The summed E-state index contributed by atoms with van der Waals surface area (Å²) in [5.41, 5.74) is 9.82. The lowest BCUT2D eigenvalue weighted by Gasteiger charge is -2.43. The summed E-state index contributed by atoms with van der Waals surface area (Å²) < 4.78 is 0. The number of aliphatic carboxylic acids is 1. The van der Waals surface area contributed by atoms with Crippen LogP contribution in [0.2, 0.25) is 0 Å². The molecule has 4 aromatic carbocycles. The van der Waals surface area contributed by atoms with E-state index in [0.29, 0.717) is 0 Å². The van der Waals surface area contributed by atoms with E-state index in [9.17, 15) is 5.11 Å². The van der Waals surface area contributed by atoms with Crippen molar-refractivity contribution in [3.05, 3.63) is 140 Å². The van der Waals surface area contributed by atoms with E-state index in [-0.39, 0.29) is 43.3 Å². The molecule has 0 aliphatic heterocycles. The Labute approximate surface area is 374 Å². The van der Waals surface area contributed by atoms with Gasteiger partial charge in [0.1, 0.15) is 5.41 Å². The summed E-state index contributed by atoms with van der Waals surface area (Å²) in [7, 11) is 0. The molecular weight excluding hydrogens is 741 g/mol. The van der Waals surface area contributed by atoms with Gasteiger partial charge in [-0.25, -0.2) is 0 Å². The van der Waals surface area contributed by atoms with Crippen LogP contribution in [0.5, 0.6) is 0 Å². The SMILES string of the molecule is CC(C)(C)c1cc(C(c2cc(C(C)(C)C)cc(C(C)(C)C)c2)C(C(=O)O)(c2cc(C(C)(C)C)cc(C(C)(C)C)c2)c2cc(C(C)(C)C)cc(C(C)(C)C)c2)cc(C(C)(C)C)c1. The summed E-state index contributed by atoms with van der Waals surface area (Å²) in [4.78, 5) is 15.8. The highest BCUT2D eigenvalue weighted by molar-refractivity contribution is 5.89. The van der Waals surface area contributed by atoms with Crippen LogP contribution in [-0.4, -0.2) is 11.1 Å². The Kier molecular flexibility index (Phi) is 13.0. The number of hydrogen-bond donors (Lipinski definition) is 1. The van der Waals surface area contributed by atoms with Crippen LogP contribution in [0.25, 0.3) is 0 Å². The molecule has 0 aromatic heterocycles. The second kappa shape index (κ2) is 15.9. The minimum atomic E-state index is -1.57. The number of carboxylic acids is 1. The van der Waals surface area contributed by atoms with Crippen molar-refractivity contribution in [2.45, 2.75) is 221 Å². The van der Waals surface area contributed by atoms with Gasteiger partial charge in [-0.15, -0.1) is 0 Å². The van der Waals surface area contributed by atoms with Gasteiger partial charge in [0.25, 0.3) is 0 Å². The maximum Gasteiger partial charge on any atom is 0.319 e. The van der Waals surface area contributed by atoms with Gasteiger partial charge in [-0.1, -0.05) is 239 Å². The topological polar surface area (TPSA) is 37.3 Å². The molecule has 0 bridgehead atoms. The van der Waals surface area contributed by atoms with Crippen molar-refractivity contribution in [3.63, 3.8) is 0 Å². The second-order valence-corrected chi connectivity index (χ2v) is 26.8. The molecular formula is C59H86O2. The summed E-state index contributed by atoms with van der Waals surface area (Å²) in [5, 5.41) is 12.9. The molecule has 0 radical (unpaired) electrons. The molecule has 0 amide bonds. The van der Waals surface area contributed by atoms with Crippen LogP contribution in [-0.2, 0) is 53.5 Å². The van der Waals surface area contributed by atoms with Crippen LogP contribution in [0.15, 0.2) is 72.8 Å². The largest absolute Gasteiger partial charge is 0.480 e. The summed E-state index contributed by atoms with van der Waals surface area (Å²) in [6.45, 7) is 54.4. The van der Waals surface area contributed by atoms with Gasteiger partial charge in [0, 0.05) is 5.92 Å². The Bertz CT molecular complexity index is 1960. The lowest BCUT2D eigenvalue weighted by atomic mass is 9.58. The van der Waals surface area contributed by atoms with E-state index in [1.165, 1.54) is 22.3 Å². The van der Waals surface area contributed by atoms with Crippen molar-refractivity contribution >= 4 is 5.97 Å². The highest BCUT2D eigenvalue weighted by Crippen LogP contribution is 2.53. The quantitative estimate of drug-likeness (QED) is 0.210. The van der Waals surface area contributed by atoms with Crippen molar-refractivity contribution in [3.8, 4) is 0 Å².